The van der Waals surface area contributed by atoms with Crippen LogP contribution in [0.1, 0.15) is 39.5 Å². The molecule has 9 heteroatoms. The summed E-state index contributed by atoms with van der Waals surface area (Å²) < 4.78 is 12.1. The Balaban J connectivity index is 1.85. The van der Waals surface area contributed by atoms with Crippen LogP contribution in [-0.4, -0.2) is 89.8 Å². The lowest BCUT2D eigenvalue weighted by Gasteiger charge is -2.39. The maximum Gasteiger partial charge on any atom is 0.253 e. The first-order valence-corrected chi connectivity index (χ1v) is 13.8. The molecule has 3 saturated heterocycles. The van der Waals surface area contributed by atoms with Crippen LogP contribution in [0.25, 0.3) is 0 Å². The molecular formula is C30H41N3O6. The first-order valence-electron chi connectivity index (χ1n) is 13.8. The van der Waals surface area contributed by atoms with Crippen LogP contribution < -0.4 is 9.64 Å². The minimum Gasteiger partial charge on any atom is -0.497 e. The first kappa shape index (κ1) is 28.8. The fourth-order valence-electron chi connectivity index (χ4n) is 7.00. The molecule has 0 aromatic heterocycles. The normalized spacial score (nSPS) is 29.6. The van der Waals surface area contributed by atoms with E-state index in [1.807, 2.05) is 13.8 Å². The van der Waals surface area contributed by atoms with E-state index in [0.29, 0.717) is 43.7 Å². The molecule has 3 aliphatic heterocycles. The number of hydrogen-bond donors (Lipinski definition) is 1. The molecule has 0 aliphatic carbocycles. The van der Waals surface area contributed by atoms with E-state index in [4.69, 9.17) is 9.47 Å². The number of anilines is 1. The topological polar surface area (TPSA) is 99.6 Å². The quantitative estimate of drug-likeness (QED) is 0.410. The van der Waals surface area contributed by atoms with E-state index in [2.05, 4.69) is 13.2 Å². The number of hydrogen-bond acceptors (Lipinski definition) is 6. The predicted octanol–water partition coefficient (Wildman–Crippen LogP) is 2.78. The number of aliphatic hydroxyl groups is 1. The Labute approximate surface area is 231 Å². The van der Waals surface area contributed by atoms with Gasteiger partial charge in [0.25, 0.3) is 5.91 Å². The monoisotopic (exact) mass is 539 g/mol. The maximum absolute atomic E-state index is 14.6. The zero-order valence-corrected chi connectivity index (χ0v) is 23.5. The summed E-state index contributed by atoms with van der Waals surface area (Å²) in [6, 6.07) is 5.54. The third-order valence-corrected chi connectivity index (χ3v) is 8.94. The smallest absolute Gasteiger partial charge is 0.253 e. The molecule has 3 heterocycles. The van der Waals surface area contributed by atoms with Crippen molar-refractivity contribution in [3.63, 3.8) is 0 Å². The van der Waals surface area contributed by atoms with Crippen LogP contribution in [0, 0.1) is 11.8 Å². The van der Waals surface area contributed by atoms with Crippen molar-refractivity contribution in [2.24, 2.45) is 11.8 Å². The number of benzene rings is 1. The Kier molecular flexibility index (Phi) is 8.23. The molecule has 1 N–H and O–H groups in total. The Hall–Kier alpha value is -3.17. The highest BCUT2D eigenvalue weighted by molar-refractivity contribution is 6.05. The molecular weight excluding hydrogens is 498 g/mol. The van der Waals surface area contributed by atoms with E-state index in [1.54, 1.807) is 60.4 Å². The summed E-state index contributed by atoms with van der Waals surface area (Å²) in [5, 5.41) is 10.3. The Bertz CT molecular complexity index is 1120. The molecule has 1 aromatic rings. The SMILES string of the molecule is C=CCN(C)C(=O)[C@@H]1[C@H]2C(=O)N([C@@H](CC)CO)C(C(=O)N(CC=C)c3ccc(OC)cc3)C23CC[C@@]1(CC)O3. The summed E-state index contributed by atoms with van der Waals surface area (Å²) >= 11 is 0. The van der Waals surface area contributed by atoms with Crippen LogP contribution in [-0.2, 0) is 19.1 Å². The summed E-state index contributed by atoms with van der Waals surface area (Å²) in [6.07, 6.45) is 5.33. The van der Waals surface area contributed by atoms with Crippen LogP contribution >= 0.6 is 0 Å². The molecule has 3 amide bonds. The van der Waals surface area contributed by atoms with E-state index < -0.39 is 35.1 Å². The fraction of sp³-hybridized carbons (Fsp3) is 0.567. The second-order valence-corrected chi connectivity index (χ2v) is 10.8. The summed E-state index contributed by atoms with van der Waals surface area (Å²) in [6.45, 7) is 11.7. The van der Waals surface area contributed by atoms with E-state index >= 15 is 0 Å². The Morgan fingerprint density at radius 2 is 1.85 bits per heavy atom. The number of methoxy groups -OCH3 is 1. The van der Waals surface area contributed by atoms with Gasteiger partial charge in [0.2, 0.25) is 11.8 Å². The second-order valence-electron chi connectivity index (χ2n) is 10.8. The molecule has 0 radical (unpaired) electrons. The first-order chi connectivity index (χ1) is 18.7. The minimum absolute atomic E-state index is 0.181. The van der Waals surface area contributed by atoms with Crippen molar-refractivity contribution in [1.82, 2.24) is 9.80 Å². The van der Waals surface area contributed by atoms with Crippen LogP contribution in [0.15, 0.2) is 49.6 Å². The zero-order chi connectivity index (χ0) is 28.5. The number of nitrogens with zero attached hydrogens (tertiary/aromatic N) is 3. The molecule has 3 fully saturated rings. The average molecular weight is 540 g/mol. The van der Waals surface area contributed by atoms with E-state index in [1.165, 1.54) is 4.90 Å². The van der Waals surface area contributed by atoms with Crippen LogP contribution in [0.2, 0.25) is 0 Å². The summed E-state index contributed by atoms with van der Waals surface area (Å²) in [5.74, 6) is -1.69. The van der Waals surface area contributed by atoms with Crippen molar-refractivity contribution >= 4 is 23.4 Å². The third kappa shape index (κ3) is 4.36. The van der Waals surface area contributed by atoms with Gasteiger partial charge in [-0.2, -0.15) is 0 Å². The molecule has 2 bridgehead atoms. The van der Waals surface area contributed by atoms with Gasteiger partial charge < -0.3 is 29.3 Å². The number of ether oxygens (including phenoxy) is 2. The van der Waals surface area contributed by atoms with E-state index in [0.717, 1.165) is 0 Å². The minimum atomic E-state index is -1.17. The molecule has 39 heavy (non-hydrogen) atoms. The van der Waals surface area contributed by atoms with Crippen molar-refractivity contribution in [1.29, 1.82) is 0 Å². The molecule has 3 aliphatic rings. The number of likely N-dealkylation sites (N-methyl/N-ethyl adjacent to an activating group) is 1. The number of fused-ring (bicyclic) bond motifs is 1. The van der Waals surface area contributed by atoms with Gasteiger partial charge in [0.05, 0.1) is 37.2 Å². The Morgan fingerprint density at radius 3 is 2.38 bits per heavy atom. The number of aliphatic hydroxyl groups excluding tert-OH is 1. The van der Waals surface area contributed by atoms with Gasteiger partial charge in [-0.25, -0.2) is 0 Å². The molecule has 6 atom stereocenters. The lowest BCUT2D eigenvalue weighted by molar-refractivity contribution is -0.153. The van der Waals surface area contributed by atoms with Gasteiger partial charge in [-0.15, -0.1) is 13.2 Å². The number of rotatable bonds is 12. The number of likely N-dealkylation sites (tertiary alicyclic amines) is 1. The lowest BCUT2D eigenvalue weighted by atomic mass is 9.64. The second kappa shape index (κ2) is 11.1. The third-order valence-electron chi connectivity index (χ3n) is 8.94. The maximum atomic E-state index is 14.6. The highest BCUT2D eigenvalue weighted by Gasteiger charge is 2.79. The van der Waals surface area contributed by atoms with Crippen molar-refractivity contribution < 1.29 is 29.0 Å². The number of carbonyl (C=O) groups excluding carboxylic acids is 3. The number of amides is 3. The largest absolute Gasteiger partial charge is 0.497 e. The molecule has 212 valence electrons. The molecule has 1 spiro atoms. The highest BCUT2D eigenvalue weighted by Crippen LogP contribution is 2.65. The highest BCUT2D eigenvalue weighted by atomic mass is 16.5. The lowest BCUT2D eigenvalue weighted by Crippen LogP contribution is -2.59. The van der Waals surface area contributed by atoms with E-state index in [9.17, 15) is 19.5 Å². The predicted molar refractivity (Wildman–Crippen MR) is 148 cm³/mol. The van der Waals surface area contributed by atoms with Crippen molar-refractivity contribution in [3.05, 3.63) is 49.6 Å². The molecule has 9 nitrogen and oxygen atoms in total. The fourth-order valence-corrected chi connectivity index (χ4v) is 7.00. The van der Waals surface area contributed by atoms with Gasteiger partial charge in [0.1, 0.15) is 17.4 Å². The zero-order valence-electron chi connectivity index (χ0n) is 23.5. The summed E-state index contributed by atoms with van der Waals surface area (Å²) in [7, 11) is 3.27. The molecule has 1 aromatic carbocycles. The van der Waals surface area contributed by atoms with Crippen molar-refractivity contribution in [2.75, 3.05) is 38.8 Å². The van der Waals surface area contributed by atoms with Gasteiger partial charge in [0, 0.05) is 25.8 Å². The van der Waals surface area contributed by atoms with E-state index in [-0.39, 0.29) is 30.9 Å². The van der Waals surface area contributed by atoms with Crippen LogP contribution in [0.4, 0.5) is 5.69 Å². The average Bonchev–Trinajstić information content (AvgIpc) is 3.56. The summed E-state index contributed by atoms with van der Waals surface area (Å²) in [4.78, 5) is 47.5. The molecule has 2 unspecified atom stereocenters. The summed E-state index contributed by atoms with van der Waals surface area (Å²) in [5.41, 5.74) is -1.38. The van der Waals surface area contributed by atoms with Gasteiger partial charge in [0.15, 0.2) is 0 Å². The van der Waals surface area contributed by atoms with Gasteiger partial charge in [-0.3, -0.25) is 14.4 Å². The van der Waals surface area contributed by atoms with Gasteiger partial charge >= 0.3 is 0 Å². The van der Waals surface area contributed by atoms with Crippen LogP contribution in [0.5, 0.6) is 5.75 Å². The van der Waals surface area contributed by atoms with Gasteiger partial charge in [-0.1, -0.05) is 26.0 Å². The van der Waals surface area contributed by atoms with Gasteiger partial charge in [-0.05, 0) is 49.9 Å². The molecule has 4 rings (SSSR count). The van der Waals surface area contributed by atoms with Crippen molar-refractivity contribution in [3.8, 4) is 5.75 Å². The number of carbonyl (C=O) groups is 3. The standard InChI is InChI=1S/C30H41N3O6/c1-7-17-31(5)26(35)23-24-27(36)33(20(9-3)19-34)25(30(24)16-15-29(23,10-4)39-30)28(37)32(18-8-2)21-11-13-22(38-6)14-12-21/h7-8,11-14,20,23-25,34H,1-2,9-10,15-19H2,3-6H3/t20-,23-,24-,25?,29+,30?/m0/s1. The Morgan fingerprint density at radius 1 is 1.18 bits per heavy atom. The van der Waals surface area contributed by atoms with Crippen LogP contribution in [0.3, 0.4) is 0 Å². The van der Waals surface area contributed by atoms with Crippen molar-refractivity contribution in [2.45, 2.75) is 62.8 Å². The molecule has 0 saturated carbocycles.